The van der Waals surface area contributed by atoms with Gasteiger partial charge in [-0.25, -0.2) is 12.8 Å². The van der Waals surface area contributed by atoms with Crippen LogP contribution in [0.1, 0.15) is 24.9 Å². The summed E-state index contributed by atoms with van der Waals surface area (Å²) in [7, 11) is -3.33. The van der Waals surface area contributed by atoms with Crippen LogP contribution < -0.4 is 5.32 Å². The Hall–Kier alpha value is -0.630. The minimum atomic E-state index is -3.33. The van der Waals surface area contributed by atoms with Crippen LogP contribution in [0.25, 0.3) is 0 Å². The van der Waals surface area contributed by atoms with Gasteiger partial charge in [-0.05, 0) is 43.4 Å². The van der Waals surface area contributed by atoms with E-state index in [1.54, 1.807) is 6.92 Å². The molecule has 0 aromatic heterocycles. The predicted octanol–water partition coefficient (Wildman–Crippen LogP) is 1.75. The molecule has 0 saturated carbocycles. The topological polar surface area (TPSA) is 66.4 Å². The fraction of sp³-hybridized carbons (Fsp3) is 0.571. The van der Waals surface area contributed by atoms with E-state index in [1.165, 1.54) is 30.0 Å². The zero-order chi connectivity index (χ0) is 15.7. The maximum atomic E-state index is 13.4. The molecule has 2 atom stereocenters. The van der Waals surface area contributed by atoms with Crippen molar-refractivity contribution in [3.05, 3.63) is 29.6 Å². The molecule has 2 N–H and O–H groups in total. The number of sulfone groups is 1. The lowest BCUT2D eigenvalue weighted by Gasteiger charge is -2.30. The molecule has 2 unspecified atom stereocenters. The molecule has 1 aliphatic heterocycles. The van der Waals surface area contributed by atoms with E-state index >= 15 is 0 Å². The number of thioether (sulfide) groups is 1. The summed E-state index contributed by atoms with van der Waals surface area (Å²) < 4.78 is 37.5. The van der Waals surface area contributed by atoms with Gasteiger partial charge in [0.05, 0.1) is 16.2 Å². The summed E-state index contributed by atoms with van der Waals surface area (Å²) in [5.41, 5.74) is -0.426. The smallest absolute Gasteiger partial charge is 0.178 e. The minimum absolute atomic E-state index is 0.0357. The first-order valence-electron chi connectivity index (χ1n) is 6.72. The van der Waals surface area contributed by atoms with Crippen LogP contribution in [0.15, 0.2) is 23.1 Å². The molecule has 0 fully saturated rings. The first kappa shape index (κ1) is 16.7. The van der Waals surface area contributed by atoms with Gasteiger partial charge in [-0.3, -0.25) is 0 Å². The van der Waals surface area contributed by atoms with E-state index < -0.39 is 21.3 Å². The number of aliphatic hydroxyl groups is 1. The molecule has 0 amide bonds. The van der Waals surface area contributed by atoms with E-state index in [0.29, 0.717) is 24.3 Å². The highest BCUT2D eigenvalue weighted by Crippen LogP contribution is 2.32. The Morgan fingerprint density at radius 1 is 1.52 bits per heavy atom. The van der Waals surface area contributed by atoms with Gasteiger partial charge in [-0.15, -0.1) is 0 Å². The molecular formula is C14H20FNO3S2. The molecule has 21 heavy (non-hydrogen) atoms. The van der Waals surface area contributed by atoms with Gasteiger partial charge >= 0.3 is 0 Å². The third-order valence-corrected chi connectivity index (χ3v) is 6.27. The van der Waals surface area contributed by atoms with Gasteiger partial charge in [0.1, 0.15) is 5.82 Å². The van der Waals surface area contributed by atoms with Crippen LogP contribution in [0.2, 0.25) is 0 Å². The van der Waals surface area contributed by atoms with Gasteiger partial charge in [0.2, 0.25) is 0 Å². The number of hydrogen-bond acceptors (Lipinski definition) is 5. The van der Waals surface area contributed by atoms with Crippen LogP contribution >= 0.6 is 11.8 Å². The highest BCUT2D eigenvalue weighted by molar-refractivity contribution is 7.98. The Kier molecular flexibility index (Phi) is 4.97. The van der Waals surface area contributed by atoms with Crippen molar-refractivity contribution in [2.75, 3.05) is 24.3 Å². The molecule has 2 rings (SSSR count). The number of hydrogen-bond donors (Lipinski definition) is 2. The lowest BCUT2D eigenvalue weighted by molar-refractivity contribution is 0.0810. The Balaban J connectivity index is 2.22. The first-order chi connectivity index (χ1) is 9.75. The number of rotatable bonds is 5. The zero-order valence-corrected chi connectivity index (χ0v) is 13.7. The van der Waals surface area contributed by atoms with Crippen molar-refractivity contribution in [2.45, 2.75) is 29.9 Å². The summed E-state index contributed by atoms with van der Waals surface area (Å²) in [6.07, 6.45) is 2.29. The van der Waals surface area contributed by atoms with Crippen LogP contribution in [-0.4, -0.2) is 43.4 Å². The van der Waals surface area contributed by atoms with Crippen molar-refractivity contribution >= 4 is 21.6 Å². The van der Waals surface area contributed by atoms with Gasteiger partial charge in [0.15, 0.2) is 9.84 Å². The summed E-state index contributed by atoms with van der Waals surface area (Å²) in [6, 6.07) is 3.51. The standard InChI is InChI=1S/C14H20FNO3S2/c1-14(17,9-20-2)8-16-12-5-6-21(18,19)13-4-3-10(15)7-11(12)13/h3-4,7,12,16-17H,5-6,8-9H2,1-2H3. The lowest BCUT2D eigenvalue weighted by Crippen LogP contribution is -2.42. The Morgan fingerprint density at radius 3 is 2.90 bits per heavy atom. The second-order valence-corrected chi connectivity index (χ2v) is 8.60. The molecule has 0 bridgehead atoms. The SMILES string of the molecule is CSCC(C)(O)CNC1CCS(=O)(=O)c2ccc(F)cc21. The van der Waals surface area contributed by atoms with Crippen molar-refractivity contribution in [1.29, 1.82) is 0 Å². The largest absolute Gasteiger partial charge is 0.388 e. The fourth-order valence-corrected chi connectivity index (χ4v) is 4.86. The molecule has 0 spiro atoms. The molecule has 0 radical (unpaired) electrons. The summed E-state index contributed by atoms with van der Waals surface area (Å²) in [5.74, 6) is 0.156. The van der Waals surface area contributed by atoms with Gasteiger partial charge in [-0.1, -0.05) is 0 Å². The maximum absolute atomic E-state index is 13.4. The summed E-state index contributed by atoms with van der Waals surface area (Å²) >= 11 is 1.54. The molecule has 1 aliphatic rings. The first-order valence-corrected chi connectivity index (χ1v) is 9.77. The molecule has 4 nitrogen and oxygen atoms in total. The van der Waals surface area contributed by atoms with Gasteiger partial charge in [0.25, 0.3) is 0 Å². The quantitative estimate of drug-likeness (QED) is 0.804. The molecule has 118 valence electrons. The average Bonchev–Trinajstić information content (AvgIpc) is 2.37. The summed E-state index contributed by atoms with van der Waals surface area (Å²) in [6.45, 7) is 2.05. The molecule has 0 saturated heterocycles. The average molecular weight is 333 g/mol. The van der Waals surface area contributed by atoms with E-state index in [1.807, 2.05) is 6.26 Å². The Morgan fingerprint density at radius 2 is 2.24 bits per heavy atom. The van der Waals surface area contributed by atoms with E-state index in [4.69, 9.17) is 0 Å². The van der Waals surface area contributed by atoms with E-state index in [2.05, 4.69) is 5.32 Å². The zero-order valence-electron chi connectivity index (χ0n) is 12.1. The van der Waals surface area contributed by atoms with Gasteiger partial charge < -0.3 is 10.4 Å². The van der Waals surface area contributed by atoms with E-state index in [-0.39, 0.29) is 16.7 Å². The maximum Gasteiger partial charge on any atom is 0.178 e. The highest BCUT2D eigenvalue weighted by atomic mass is 32.2. The molecule has 0 aliphatic carbocycles. The molecule has 1 aromatic rings. The second-order valence-electron chi connectivity index (χ2n) is 5.65. The van der Waals surface area contributed by atoms with Crippen LogP contribution in [0.4, 0.5) is 4.39 Å². The van der Waals surface area contributed by atoms with Crippen molar-refractivity contribution in [1.82, 2.24) is 5.32 Å². The molecular weight excluding hydrogens is 313 g/mol. The van der Waals surface area contributed by atoms with Crippen molar-refractivity contribution in [2.24, 2.45) is 0 Å². The lowest BCUT2D eigenvalue weighted by atomic mass is 10.0. The summed E-state index contributed by atoms with van der Waals surface area (Å²) in [5, 5.41) is 13.3. The second kappa shape index (κ2) is 6.24. The van der Waals surface area contributed by atoms with Crippen molar-refractivity contribution < 1.29 is 17.9 Å². The van der Waals surface area contributed by atoms with Gasteiger partial charge in [-0.2, -0.15) is 11.8 Å². The van der Waals surface area contributed by atoms with Crippen LogP contribution in [-0.2, 0) is 9.84 Å². The molecule has 7 heteroatoms. The number of fused-ring (bicyclic) bond motifs is 1. The number of halogens is 1. The number of benzene rings is 1. The normalized spacial score (nSPS) is 23.3. The van der Waals surface area contributed by atoms with Crippen molar-refractivity contribution in [3.63, 3.8) is 0 Å². The van der Waals surface area contributed by atoms with Crippen LogP contribution in [0.3, 0.4) is 0 Å². The third-order valence-electron chi connectivity index (χ3n) is 3.54. The molecule has 1 heterocycles. The molecule has 1 aromatic carbocycles. The van der Waals surface area contributed by atoms with E-state index in [0.717, 1.165) is 0 Å². The van der Waals surface area contributed by atoms with E-state index in [9.17, 15) is 17.9 Å². The van der Waals surface area contributed by atoms with Crippen LogP contribution in [0.5, 0.6) is 0 Å². The van der Waals surface area contributed by atoms with Gasteiger partial charge in [0, 0.05) is 18.3 Å². The Labute approximate surface area is 129 Å². The Bertz CT molecular complexity index is 617. The highest BCUT2D eigenvalue weighted by Gasteiger charge is 2.31. The fourth-order valence-electron chi connectivity index (χ4n) is 2.53. The monoisotopic (exact) mass is 333 g/mol. The van der Waals surface area contributed by atoms with Crippen LogP contribution in [0, 0.1) is 5.82 Å². The number of nitrogens with one attached hydrogen (secondary N) is 1. The van der Waals surface area contributed by atoms with Crippen molar-refractivity contribution in [3.8, 4) is 0 Å². The third kappa shape index (κ3) is 3.97. The summed E-state index contributed by atoms with van der Waals surface area (Å²) in [4.78, 5) is 0.192. The minimum Gasteiger partial charge on any atom is -0.388 e. The predicted molar refractivity (Wildman–Crippen MR) is 82.8 cm³/mol.